The number of ether oxygens (including phenoxy) is 1. The molecule has 0 aliphatic carbocycles. The van der Waals surface area contributed by atoms with Gasteiger partial charge in [0.2, 0.25) is 15.9 Å². The van der Waals surface area contributed by atoms with Gasteiger partial charge in [0.05, 0.1) is 17.2 Å². The van der Waals surface area contributed by atoms with Crippen LogP contribution in [0.15, 0.2) is 23.1 Å². The fourth-order valence-electron chi connectivity index (χ4n) is 4.23. The molecule has 32 heavy (non-hydrogen) atoms. The van der Waals surface area contributed by atoms with E-state index in [0.717, 1.165) is 0 Å². The Kier molecular flexibility index (Phi) is 7.85. The van der Waals surface area contributed by atoms with E-state index in [9.17, 15) is 18.0 Å². The number of nitrogens with zero attached hydrogens (tertiary/aromatic N) is 2. The number of nitrogens with one attached hydrogen (secondary N) is 1. The number of hydrogen-bond acceptors (Lipinski definition) is 5. The zero-order valence-corrected chi connectivity index (χ0v) is 20.6. The largest absolute Gasteiger partial charge is 0.373 e. The summed E-state index contributed by atoms with van der Waals surface area (Å²) in [6.45, 7) is 8.83. The van der Waals surface area contributed by atoms with Crippen molar-refractivity contribution >= 4 is 33.4 Å². The summed E-state index contributed by atoms with van der Waals surface area (Å²) in [6, 6.07) is 4.44. The highest BCUT2D eigenvalue weighted by molar-refractivity contribution is 7.89. The Hall–Kier alpha value is -1.68. The number of morpholine rings is 1. The van der Waals surface area contributed by atoms with Crippen molar-refractivity contribution < 1.29 is 22.7 Å². The monoisotopic (exact) mass is 485 g/mol. The molecule has 1 aromatic rings. The van der Waals surface area contributed by atoms with Gasteiger partial charge in [-0.15, -0.1) is 0 Å². The van der Waals surface area contributed by atoms with Crippen molar-refractivity contribution in [2.45, 2.75) is 63.7 Å². The standard InChI is InChI=1S/C22H32ClN3O5S/c1-14(2)24-21(27)17-7-9-25(10-8-17)22(28)18-5-6-19(23)20(11-18)32(29,30)26-12-15(3)31-16(4)13-26/h5-6,11,14-17H,7-10,12-13H2,1-4H3,(H,24,27). The fraction of sp³-hybridized carbons (Fsp3) is 0.636. The topological polar surface area (TPSA) is 96.0 Å². The van der Waals surface area contributed by atoms with Crippen LogP contribution < -0.4 is 5.32 Å². The van der Waals surface area contributed by atoms with Gasteiger partial charge in [-0.3, -0.25) is 9.59 Å². The number of likely N-dealkylation sites (tertiary alicyclic amines) is 1. The Balaban J connectivity index is 1.74. The molecule has 2 heterocycles. The lowest BCUT2D eigenvalue weighted by Crippen LogP contribution is -2.48. The smallest absolute Gasteiger partial charge is 0.253 e. The summed E-state index contributed by atoms with van der Waals surface area (Å²) in [5.41, 5.74) is 0.271. The number of rotatable bonds is 5. The first kappa shape index (κ1) is 25.0. The number of halogens is 1. The predicted molar refractivity (Wildman–Crippen MR) is 122 cm³/mol. The molecule has 2 unspecified atom stereocenters. The summed E-state index contributed by atoms with van der Waals surface area (Å²) >= 11 is 6.25. The summed E-state index contributed by atoms with van der Waals surface area (Å²) < 4.78 is 33.5. The van der Waals surface area contributed by atoms with Gasteiger partial charge in [-0.2, -0.15) is 4.31 Å². The van der Waals surface area contributed by atoms with E-state index in [-0.39, 0.29) is 64.6 Å². The van der Waals surface area contributed by atoms with Gasteiger partial charge in [-0.1, -0.05) is 11.6 Å². The molecule has 0 saturated carbocycles. The maximum atomic E-state index is 13.3. The number of amides is 2. The molecule has 2 fully saturated rings. The van der Waals surface area contributed by atoms with Crippen molar-refractivity contribution in [3.8, 4) is 0 Å². The van der Waals surface area contributed by atoms with Crippen molar-refractivity contribution in [1.29, 1.82) is 0 Å². The molecular weight excluding hydrogens is 454 g/mol. The van der Waals surface area contributed by atoms with Gasteiger partial charge in [-0.05, 0) is 58.7 Å². The summed E-state index contributed by atoms with van der Waals surface area (Å²) in [6.07, 6.45) is 0.691. The third kappa shape index (κ3) is 5.62. The second-order valence-electron chi connectivity index (χ2n) is 8.95. The number of sulfonamides is 1. The van der Waals surface area contributed by atoms with E-state index >= 15 is 0 Å². The van der Waals surface area contributed by atoms with E-state index in [1.807, 2.05) is 27.7 Å². The minimum Gasteiger partial charge on any atom is -0.373 e. The highest BCUT2D eigenvalue weighted by Gasteiger charge is 2.34. The molecule has 0 radical (unpaired) electrons. The minimum absolute atomic E-state index is 0.0148. The van der Waals surface area contributed by atoms with Crippen molar-refractivity contribution in [1.82, 2.24) is 14.5 Å². The normalized spacial score (nSPS) is 23.4. The van der Waals surface area contributed by atoms with Crippen LogP contribution in [0.2, 0.25) is 5.02 Å². The molecular formula is C22H32ClN3O5S. The van der Waals surface area contributed by atoms with E-state index in [2.05, 4.69) is 5.32 Å². The second-order valence-corrected chi connectivity index (χ2v) is 11.3. The van der Waals surface area contributed by atoms with Crippen molar-refractivity contribution in [3.05, 3.63) is 28.8 Å². The van der Waals surface area contributed by atoms with Crippen LogP contribution >= 0.6 is 11.6 Å². The van der Waals surface area contributed by atoms with Crippen molar-refractivity contribution in [3.63, 3.8) is 0 Å². The lowest BCUT2D eigenvalue weighted by molar-refractivity contribution is -0.126. The molecule has 1 N–H and O–H groups in total. The third-order valence-electron chi connectivity index (χ3n) is 5.77. The van der Waals surface area contributed by atoms with Crippen LogP contribution in [0.5, 0.6) is 0 Å². The van der Waals surface area contributed by atoms with E-state index in [1.165, 1.54) is 16.4 Å². The van der Waals surface area contributed by atoms with E-state index in [0.29, 0.717) is 25.9 Å². The van der Waals surface area contributed by atoms with Crippen LogP contribution in [-0.4, -0.2) is 73.9 Å². The molecule has 2 atom stereocenters. The highest BCUT2D eigenvalue weighted by atomic mass is 35.5. The van der Waals surface area contributed by atoms with Crippen LogP contribution in [0.4, 0.5) is 0 Å². The van der Waals surface area contributed by atoms with Gasteiger partial charge in [0.15, 0.2) is 0 Å². The first-order valence-electron chi connectivity index (χ1n) is 11.0. The van der Waals surface area contributed by atoms with Gasteiger partial charge >= 0.3 is 0 Å². The molecule has 2 aliphatic heterocycles. The van der Waals surface area contributed by atoms with Gasteiger partial charge in [-0.25, -0.2) is 8.42 Å². The molecule has 0 aromatic heterocycles. The maximum Gasteiger partial charge on any atom is 0.253 e. The third-order valence-corrected chi connectivity index (χ3v) is 8.08. The lowest BCUT2D eigenvalue weighted by atomic mass is 9.95. The average Bonchev–Trinajstić information content (AvgIpc) is 2.72. The minimum atomic E-state index is -3.88. The fourth-order valence-corrected chi connectivity index (χ4v) is 6.32. The van der Waals surface area contributed by atoms with Crippen LogP contribution in [-0.2, 0) is 19.6 Å². The number of benzene rings is 1. The first-order chi connectivity index (χ1) is 15.0. The number of carbonyl (C=O) groups is 2. The number of hydrogen-bond donors (Lipinski definition) is 1. The molecule has 0 spiro atoms. The zero-order valence-electron chi connectivity index (χ0n) is 19.0. The summed E-state index contributed by atoms with van der Waals surface area (Å²) in [4.78, 5) is 26.9. The van der Waals surface area contributed by atoms with Crippen molar-refractivity contribution in [2.24, 2.45) is 5.92 Å². The van der Waals surface area contributed by atoms with E-state index < -0.39 is 10.0 Å². The van der Waals surface area contributed by atoms with Crippen LogP contribution in [0, 0.1) is 5.92 Å². The van der Waals surface area contributed by atoms with Gasteiger partial charge in [0.25, 0.3) is 5.91 Å². The van der Waals surface area contributed by atoms with Gasteiger partial charge in [0.1, 0.15) is 4.90 Å². The summed E-state index contributed by atoms with van der Waals surface area (Å²) in [5, 5.41) is 3.00. The molecule has 8 nitrogen and oxygen atoms in total. The Bertz CT molecular complexity index is 950. The molecule has 178 valence electrons. The van der Waals surface area contributed by atoms with Gasteiger partial charge in [0, 0.05) is 43.7 Å². The number of piperidine rings is 1. The van der Waals surface area contributed by atoms with E-state index in [4.69, 9.17) is 16.3 Å². The van der Waals surface area contributed by atoms with E-state index in [1.54, 1.807) is 11.0 Å². The van der Waals surface area contributed by atoms with Crippen LogP contribution in [0.25, 0.3) is 0 Å². The highest BCUT2D eigenvalue weighted by Crippen LogP contribution is 2.29. The van der Waals surface area contributed by atoms with Crippen LogP contribution in [0.3, 0.4) is 0 Å². The van der Waals surface area contributed by atoms with Crippen molar-refractivity contribution in [2.75, 3.05) is 26.2 Å². The molecule has 2 saturated heterocycles. The summed E-state index contributed by atoms with van der Waals surface area (Å²) in [7, 11) is -3.88. The van der Waals surface area contributed by atoms with Gasteiger partial charge < -0.3 is 15.0 Å². The van der Waals surface area contributed by atoms with Crippen LogP contribution in [0.1, 0.15) is 50.9 Å². The molecule has 2 aliphatic rings. The molecule has 1 aromatic carbocycles. The maximum absolute atomic E-state index is 13.3. The number of carbonyl (C=O) groups excluding carboxylic acids is 2. The predicted octanol–water partition coefficient (Wildman–Crippen LogP) is 2.51. The quantitative estimate of drug-likeness (QED) is 0.691. The Morgan fingerprint density at radius 1 is 1.12 bits per heavy atom. The average molecular weight is 486 g/mol. The molecule has 0 bridgehead atoms. The molecule has 3 rings (SSSR count). The SMILES string of the molecule is CC(C)NC(=O)C1CCN(C(=O)c2ccc(Cl)c(S(=O)(=O)N3CC(C)OC(C)C3)c2)CC1. The summed E-state index contributed by atoms with van der Waals surface area (Å²) in [5.74, 6) is -0.363. The Labute approximate surface area is 195 Å². The molecule has 10 heteroatoms. The zero-order chi connectivity index (χ0) is 23.6. The second kappa shape index (κ2) is 10.1. The Morgan fingerprint density at radius 2 is 1.72 bits per heavy atom. The first-order valence-corrected chi connectivity index (χ1v) is 12.9. The molecule has 2 amide bonds. The Morgan fingerprint density at radius 3 is 2.28 bits per heavy atom. The lowest BCUT2D eigenvalue weighted by Gasteiger charge is -2.34.